The number of carbonyl (C=O) groups is 1. The summed E-state index contributed by atoms with van der Waals surface area (Å²) in [5.74, 6) is 0. The average molecular weight is 139 g/mol. The van der Waals surface area contributed by atoms with E-state index in [0.717, 1.165) is 0 Å². The van der Waals surface area contributed by atoms with E-state index >= 15 is 0 Å². The first-order valence-electron chi connectivity index (χ1n) is 1.48. The molecule has 0 aromatic rings. The van der Waals surface area contributed by atoms with Crippen LogP contribution < -0.4 is 56.5 Å². The van der Waals surface area contributed by atoms with E-state index in [1.807, 2.05) is 0 Å². The smallest absolute Gasteiger partial charge is 0.535 e. The molecule has 0 bridgehead atoms. The molecule has 0 aliphatic rings. The number of hydrogen-bond donors (Lipinski definition) is 0. The van der Waals surface area contributed by atoms with Crippen LogP contribution in [0.15, 0.2) is 0 Å². The maximum atomic E-state index is 9.27. The molecule has 0 rings (SSSR count). The predicted molar refractivity (Wildman–Crippen MR) is 17.0 cm³/mol. The summed E-state index contributed by atoms with van der Waals surface area (Å²) in [7, 11) is 0. The van der Waals surface area contributed by atoms with E-state index < -0.39 is 12.8 Å². The molecule has 4 nitrogen and oxygen atoms in total. The minimum Gasteiger partial charge on any atom is -0.535 e. The van der Waals surface area contributed by atoms with Gasteiger partial charge >= 0.3 is 51.4 Å². The van der Waals surface area contributed by atoms with E-state index in [9.17, 15) is 9.90 Å². The third kappa shape index (κ3) is 9.64. The van der Waals surface area contributed by atoms with Crippen molar-refractivity contribution >= 4 is 6.16 Å². The zero-order chi connectivity index (χ0) is 5.70. The van der Waals surface area contributed by atoms with Gasteiger partial charge in [0, 0.05) is 0 Å². The summed E-state index contributed by atoms with van der Waals surface area (Å²) in [5, 5.41) is 16.9. The largest absolute Gasteiger partial charge is 1.00 e. The van der Waals surface area contributed by atoms with Gasteiger partial charge in [0.1, 0.15) is 6.61 Å². The van der Waals surface area contributed by atoms with Crippen molar-refractivity contribution in [3.8, 4) is 6.07 Å². The second-order valence-corrected chi connectivity index (χ2v) is 0.697. The van der Waals surface area contributed by atoms with Crippen LogP contribution in [0.25, 0.3) is 0 Å². The summed E-state index contributed by atoms with van der Waals surface area (Å²) in [4.78, 5) is 9.27. The summed E-state index contributed by atoms with van der Waals surface area (Å²) in [6, 6.07) is 1.46. The van der Waals surface area contributed by atoms with Crippen molar-refractivity contribution in [1.82, 2.24) is 0 Å². The Bertz CT molecular complexity index is 108. The molecule has 0 atom stereocenters. The van der Waals surface area contributed by atoms with E-state index in [0.29, 0.717) is 0 Å². The monoisotopic (exact) mass is 139 g/mol. The van der Waals surface area contributed by atoms with Gasteiger partial charge in [-0.15, -0.1) is 0 Å². The first-order valence-corrected chi connectivity index (χ1v) is 1.48. The molecular weight excluding hydrogens is 137 g/mol. The fourth-order valence-electron chi connectivity index (χ4n) is 0.0912. The van der Waals surface area contributed by atoms with Gasteiger partial charge in [0.15, 0.2) is 0 Å². The summed E-state index contributed by atoms with van der Waals surface area (Å²) < 4.78 is 3.64. The fourth-order valence-corrected chi connectivity index (χ4v) is 0.0912. The summed E-state index contributed by atoms with van der Waals surface area (Å²) in [6.07, 6.45) is -1.67. The van der Waals surface area contributed by atoms with Crippen LogP contribution in [0.4, 0.5) is 4.79 Å². The number of carbonyl (C=O) groups excluding carboxylic acids is 1. The number of nitriles is 1. The Morgan fingerprint density at radius 1 is 1.88 bits per heavy atom. The maximum absolute atomic E-state index is 9.27. The van der Waals surface area contributed by atoms with Crippen LogP contribution in [0, 0.1) is 11.3 Å². The van der Waals surface area contributed by atoms with Crippen LogP contribution >= 0.6 is 0 Å². The molecule has 0 saturated carbocycles. The summed E-state index contributed by atoms with van der Waals surface area (Å²) in [6.45, 7) is -0.456. The molecule has 0 heterocycles. The Morgan fingerprint density at radius 3 is 2.50 bits per heavy atom. The zero-order valence-electron chi connectivity index (χ0n) is 4.38. The van der Waals surface area contributed by atoms with Crippen molar-refractivity contribution in [2.75, 3.05) is 6.61 Å². The molecule has 0 aromatic heterocycles. The maximum Gasteiger partial charge on any atom is 1.00 e. The van der Waals surface area contributed by atoms with E-state index in [4.69, 9.17) is 5.26 Å². The van der Waals surface area contributed by atoms with Gasteiger partial charge in [-0.05, 0) is 0 Å². The second kappa shape index (κ2) is 7.40. The van der Waals surface area contributed by atoms with Crippen molar-refractivity contribution in [1.29, 1.82) is 5.26 Å². The van der Waals surface area contributed by atoms with Gasteiger partial charge in [-0.3, -0.25) is 0 Å². The van der Waals surface area contributed by atoms with Crippen LogP contribution in [0.2, 0.25) is 0 Å². The second-order valence-electron chi connectivity index (χ2n) is 0.697. The summed E-state index contributed by atoms with van der Waals surface area (Å²) in [5.41, 5.74) is 0. The minimum absolute atomic E-state index is 0. The minimum atomic E-state index is -1.67. The number of hydrogen-bond acceptors (Lipinski definition) is 4. The molecule has 0 saturated heterocycles. The molecule has 0 radical (unpaired) electrons. The first-order chi connectivity index (χ1) is 3.27. The Labute approximate surface area is 88.9 Å². The standard InChI is InChI=1S/C3H3NO3.K/c4-1-2-7-3(5)6;/h2H2,(H,5,6);/q;+1/p-1. The number of nitrogens with zero attached hydrogens (tertiary/aromatic N) is 1. The molecule has 5 heteroatoms. The van der Waals surface area contributed by atoms with E-state index in [-0.39, 0.29) is 51.4 Å². The van der Waals surface area contributed by atoms with Crippen molar-refractivity contribution in [2.45, 2.75) is 0 Å². The van der Waals surface area contributed by atoms with Gasteiger partial charge in [0.25, 0.3) is 6.16 Å². The predicted octanol–water partition coefficient (Wildman–Crippen LogP) is -4.13. The van der Waals surface area contributed by atoms with Gasteiger partial charge in [-0.25, -0.2) is 0 Å². The third-order valence-corrected chi connectivity index (χ3v) is 0.255. The van der Waals surface area contributed by atoms with Crippen LogP contribution in [0.5, 0.6) is 0 Å². The number of rotatable bonds is 1. The van der Waals surface area contributed by atoms with Crippen LogP contribution in [-0.4, -0.2) is 12.8 Å². The fraction of sp³-hybridized carbons (Fsp3) is 0.333. The van der Waals surface area contributed by atoms with Crippen molar-refractivity contribution in [2.24, 2.45) is 0 Å². The van der Waals surface area contributed by atoms with Crippen LogP contribution in [0.1, 0.15) is 0 Å². The quantitative estimate of drug-likeness (QED) is 0.273. The SMILES string of the molecule is N#CCOC(=O)[O-].[K+]. The molecule has 38 valence electrons. The molecule has 0 N–H and O–H groups in total. The van der Waals surface area contributed by atoms with Crippen molar-refractivity contribution in [3.63, 3.8) is 0 Å². The zero-order valence-corrected chi connectivity index (χ0v) is 7.50. The Balaban J connectivity index is 0. The van der Waals surface area contributed by atoms with Gasteiger partial charge in [-0.1, -0.05) is 0 Å². The van der Waals surface area contributed by atoms with Gasteiger partial charge in [0.05, 0.1) is 6.07 Å². The van der Waals surface area contributed by atoms with Crippen molar-refractivity contribution in [3.05, 3.63) is 0 Å². The Kier molecular flexibility index (Phi) is 10.4. The van der Waals surface area contributed by atoms with Crippen molar-refractivity contribution < 1.29 is 66.0 Å². The van der Waals surface area contributed by atoms with Gasteiger partial charge < -0.3 is 14.6 Å². The molecule has 0 aliphatic carbocycles. The first kappa shape index (κ1) is 11.2. The van der Waals surface area contributed by atoms with Gasteiger partial charge in [0.2, 0.25) is 0 Å². The normalized spacial score (nSPS) is 5.88. The Hall–Kier alpha value is 0.396. The van der Waals surface area contributed by atoms with E-state index in [1.54, 1.807) is 0 Å². The number of carboxylic acid groups (broad SMARTS) is 1. The average Bonchev–Trinajstić information content (AvgIpc) is 1.61. The van der Waals surface area contributed by atoms with E-state index in [2.05, 4.69) is 4.74 Å². The molecule has 0 spiro atoms. The molecule has 0 aromatic carbocycles. The molecule has 0 fully saturated rings. The summed E-state index contributed by atoms with van der Waals surface area (Å²) >= 11 is 0. The van der Waals surface area contributed by atoms with Crippen LogP contribution in [0.3, 0.4) is 0 Å². The van der Waals surface area contributed by atoms with Gasteiger partial charge in [-0.2, -0.15) is 5.26 Å². The molecule has 0 unspecified atom stereocenters. The third-order valence-electron chi connectivity index (χ3n) is 0.255. The molecule has 0 amide bonds. The number of ether oxygens (including phenoxy) is 1. The Morgan fingerprint density at radius 2 is 2.38 bits per heavy atom. The topological polar surface area (TPSA) is 73.1 Å². The molecular formula is C3H2KNO3. The van der Waals surface area contributed by atoms with E-state index in [1.165, 1.54) is 6.07 Å². The molecule has 0 aliphatic heterocycles. The molecule has 8 heavy (non-hydrogen) atoms. The van der Waals surface area contributed by atoms with Crippen LogP contribution in [-0.2, 0) is 4.74 Å².